The van der Waals surface area contributed by atoms with Crippen molar-refractivity contribution in [1.29, 1.82) is 0 Å². The van der Waals surface area contributed by atoms with Crippen LogP contribution in [0.3, 0.4) is 0 Å². The van der Waals surface area contributed by atoms with Crippen LogP contribution in [-0.4, -0.2) is 60.8 Å². The lowest BCUT2D eigenvalue weighted by molar-refractivity contribution is 0.163. The van der Waals surface area contributed by atoms with Crippen LogP contribution < -0.4 is 11.2 Å². The fraction of sp³-hybridized carbons (Fsp3) is 0.500. The molecule has 4 bridgehead atoms. The maximum absolute atomic E-state index is 11.1. The highest BCUT2D eigenvalue weighted by Gasteiger charge is 2.53. The predicted molar refractivity (Wildman–Crippen MR) is 84.6 cm³/mol. The second-order valence-corrected chi connectivity index (χ2v) is 6.59. The summed E-state index contributed by atoms with van der Waals surface area (Å²) in [6.07, 6.45) is 0. The smallest absolute Gasteiger partial charge is 0.332 e. The largest absolute Gasteiger partial charge is 0.350 e. The number of primary amides is 1. The molecule has 6 nitrogen and oxygen atoms in total. The van der Waals surface area contributed by atoms with Gasteiger partial charge in [0.15, 0.2) is 0 Å². The molecule has 0 spiro atoms. The van der Waals surface area contributed by atoms with Crippen molar-refractivity contribution in [2.75, 3.05) is 39.3 Å². The second-order valence-electron chi connectivity index (χ2n) is 6.59. The standard InChI is InChI=1S/C16H21N5O/c17-15(22)19-18-14-12-8-20-6-7-21(9-12)11-16(14,10-20)13-4-2-1-3-5-13/h1-5,12H,6-11H2,(H3,17,19,22)/b18-14-. The number of benzene rings is 1. The third-order valence-corrected chi connectivity index (χ3v) is 5.17. The van der Waals surface area contributed by atoms with Gasteiger partial charge in [0.05, 0.1) is 11.1 Å². The number of nitrogens with zero attached hydrogens (tertiary/aromatic N) is 3. The zero-order valence-corrected chi connectivity index (χ0v) is 12.5. The number of amides is 2. The highest BCUT2D eigenvalue weighted by atomic mass is 16.2. The lowest BCUT2D eigenvalue weighted by Crippen LogP contribution is -2.64. The van der Waals surface area contributed by atoms with Crippen LogP contribution in [0.25, 0.3) is 0 Å². The maximum Gasteiger partial charge on any atom is 0.332 e. The molecule has 4 saturated heterocycles. The van der Waals surface area contributed by atoms with E-state index >= 15 is 0 Å². The van der Waals surface area contributed by atoms with Gasteiger partial charge >= 0.3 is 6.03 Å². The number of rotatable bonds is 2. The molecule has 0 aliphatic carbocycles. The van der Waals surface area contributed by atoms with E-state index in [4.69, 9.17) is 5.73 Å². The normalized spacial score (nSPS) is 38.0. The lowest BCUT2D eigenvalue weighted by atomic mass is 9.66. The molecular formula is C16H21N5O. The molecule has 4 heterocycles. The first-order valence-electron chi connectivity index (χ1n) is 7.81. The highest BCUT2D eigenvalue weighted by molar-refractivity contribution is 5.99. The maximum atomic E-state index is 11.1. The molecule has 116 valence electrons. The molecule has 0 radical (unpaired) electrons. The van der Waals surface area contributed by atoms with Gasteiger partial charge in [-0.3, -0.25) is 0 Å². The summed E-state index contributed by atoms with van der Waals surface area (Å²) >= 11 is 0. The van der Waals surface area contributed by atoms with Gasteiger partial charge in [0.25, 0.3) is 0 Å². The van der Waals surface area contributed by atoms with Crippen LogP contribution in [0.1, 0.15) is 5.56 Å². The Labute approximate surface area is 129 Å². The summed E-state index contributed by atoms with van der Waals surface area (Å²) in [6, 6.07) is 9.95. The summed E-state index contributed by atoms with van der Waals surface area (Å²) in [4.78, 5) is 16.2. The van der Waals surface area contributed by atoms with Gasteiger partial charge in [-0.1, -0.05) is 30.3 Å². The number of nitrogens with two attached hydrogens (primary N) is 1. The van der Waals surface area contributed by atoms with Crippen LogP contribution in [0.15, 0.2) is 35.4 Å². The van der Waals surface area contributed by atoms with E-state index in [9.17, 15) is 4.79 Å². The van der Waals surface area contributed by atoms with Crippen molar-refractivity contribution in [3.63, 3.8) is 0 Å². The van der Waals surface area contributed by atoms with Crippen molar-refractivity contribution in [3.8, 4) is 0 Å². The van der Waals surface area contributed by atoms with Gasteiger partial charge in [0, 0.05) is 45.2 Å². The summed E-state index contributed by atoms with van der Waals surface area (Å²) in [6.45, 7) is 6.19. The van der Waals surface area contributed by atoms with E-state index in [0.717, 1.165) is 45.0 Å². The summed E-state index contributed by atoms with van der Waals surface area (Å²) in [5, 5.41) is 4.45. The zero-order valence-electron chi connectivity index (χ0n) is 12.5. The molecule has 4 aliphatic heterocycles. The molecule has 6 heteroatoms. The van der Waals surface area contributed by atoms with E-state index in [1.165, 1.54) is 5.56 Å². The zero-order chi connectivity index (χ0) is 15.2. The summed E-state index contributed by atoms with van der Waals surface area (Å²) in [7, 11) is 0. The average molecular weight is 299 g/mol. The van der Waals surface area contributed by atoms with Crippen LogP contribution in [0.2, 0.25) is 0 Å². The summed E-state index contributed by atoms with van der Waals surface area (Å²) < 4.78 is 0. The summed E-state index contributed by atoms with van der Waals surface area (Å²) in [5.74, 6) is 0.358. The van der Waals surface area contributed by atoms with Crippen molar-refractivity contribution < 1.29 is 4.79 Å². The van der Waals surface area contributed by atoms with Gasteiger partial charge in [-0.25, -0.2) is 10.2 Å². The molecule has 2 unspecified atom stereocenters. The first-order chi connectivity index (χ1) is 10.7. The predicted octanol–water partition coefficient (Wildman–Crippen LogP) is 0.210. The van der Waals surface area contributed by atoms with Crippen LogP contribution in [0, 0.1) is 5.92 Å². The third-order valence-electron chi connectivity index (χ3n) is 5.17. The minimum absolute atomic E-state index is 0.138. The Balaban J connectivity index is 1.82. The minimum Gasteiger partial charge on any atom is -0.350 e. The molecule has 0 saturated carbocycles. The topological polar surface area (TPSA) is 74.0 Å². The van der Waals surface area contributed by atoms with Crippen molar-refractivity contribution in [2.24, 2.45) is 16.8 Å². The van der Waals surface area contributed by atoms with Crippen LogP contribution in [0.4, 0.5) is 4.79 Å². The van der Waals surface area contributed by atoms with E-state index in [0.29, 0.717) is 5.92 Å². The van der Waals surface area contributed by atoms with E-state index in [1.54, 1.807) is 0 Å². The molecule has 4 aliphatic rings. The number of piperidine rings is 2. The van der Waals surface area contributed by atoms with E-state index < -0.39 is 6.03 Å². The van der Waals surface area contributed by atoms with Crippen molar-refractivity contribution >= 4 is 11.7 Å². The van der Waals surface area contributed by atoms with Crippen molar-refractivity contribution in [2.45, 2.75) is 5.41 Å². The fourth-order valence-electron chi connectivity index (χ4n) is 4.37. The Kier molecular flexibility index (Phi) is 3.16. The Morgan fingerprint density at radius 3 is 2.41 bits per heavy atom. The van der Waals surface area contributed by atoms with Gasteiger partial charge < -0.3 is 15.5 Å². The first-order valence-corrected chi connectivity index (χ1v) is 7.81. The number of nitrogens with one attached hydrogen (secondary N) is 1. The molecule has 1 aromatic rings. The van der Waals surface area contributed by atoms with E-state index in [-0.39, 0.29) is 5.41 Å². The number of urea groups is 1. The van der Waals surface area contributed by atoms with Gasteiger partial charge in [0.2, 0.25) is 0 Å². The van der Waals surface area contributed by atoms with Gasteiger partial charge in [-0.05, 0) is 5.56 Å². The molecule has 3 N–H and O–H groups in total. The van der Waals surface area contributed by atoms with Crippen LogP contribution in [-0.2, 0) is 5.41 Å². The molecule has 5 rings (SSSR count). The van der Waals surface area contributed by atoms with E-state index in [1.807, 2.05) is 6.07 Å². The van der Waals surface area contributed by atoms with Gasteiger partial charge in [-0.2, -0.15) is 5.10 Å². The first kappa shape index (κ1) is 13.7. The van der Waals surface area contributed by atoms with Crippen LogP contribution in [0.5, 0.6) is 0 Å². The lowest BCUT2D eigenvalue weighted by Gasteiger charge is -2.50. The second kappa shape index (κ2) is 5.07. The molecule has 4 fully saturated rings. The van der Waals surface area contributed by atoms with Gasteiger partial charge in [-0.15, -0.1) is 0 Å². The Bertz CT molecular complexity index is 598. The van der Waals surface area contributed by atoms with Gasteiger partial charge in [0.1, 0.15) is 0 Å². The average Bonchev–Trinajstić information content (AvgIpc) is 2.75. The van der Waals surface area contributed by atoms with Crippen molar-refractivity contribution in [1.82, 2.24) is 15.2 Å². The Hall–Kier alpha value is -1.92. The van der Waals surface area contributed by atoms with E-state index in [2.05, 4.69) is 44.6 Å². The Morgan fingerprint density at radius 2 is 1.82 bits per heavy atom. The third kappa shape index (κ3) is 2.10. The Morgan fingerprint density at radius 1 is 1.18 bits per heavy atom. The number of hydrazone groups is 1. The number of hydrogen-bond acceptors (Lipinski definition) is 4. The molecular weight excluding hydrogens is 278 g/mol. The molecule has 2 amide bonds. The molecule has 0 aromatic heterocycles. The number of hydrogen-bond donors (Lipinski definition) is 2. The highest BCUT2D eigenvalue weighted by Crippen LogP contribution is 2.40. The number of fused-ring (bicyclic) bond motifs is 1. The number of carbonyl (C=O) groups is 1. The molecule has 22 heavy (non-hydrogen) atoms. The molecule has 2 atom stereocenters. The SMILES string of the molecule is NC(=O)N/N=C1/C2CN3CCN(C2)CC1(c1ccccc1)C3. The number of carbonyl (C=O) groups excluding carboxylic acids is 1. The quantitative estimate of drug-likeness (QED) is 0.767. The minimum atomic E-state index is -0.594. The monoisotopic (exact) mass is 299 g/mol. The van der Waals surface area contributed by atoms with Crippen LogP contribution >= 0.6 is 0 Å². The molecule has 1 aromatic carbocycles. The van der Waals surface area contributed by atoms with Crippen molar-refractivity contribution in [3.05, 3.63) is 35.9 Å². The fourth-order valence-corrected chi connectivity index (χ4v) is 4.37. The summed E-state index contributed by atoms with van der Waals surface area (Å²) in [5.41, 5.74) is 9.94.